The number of hydrogen-bond donors (Lipinski definition) is 0. The number of carbonyl (C=O) groups is 1. The van der Waals surface area contributed by atoms with Gasteiger partial charge in [-0.3, -0.25) is 14.4 Å². The summed E-state index contributed by atoms with van der Waals surface area (Å²) in [5, 5.41) is 8.60. The van der Waals surface area contributed by atoms with Crippen LogP contribution in [0.5, 0.6) is 0 Å². The molecular formula is C30H24FN5O. The lowest BCUT2D eigenvalue weighted by Crippen LogP contribution is -2.35. The zero-order valence-corrected chi connectivity index (χ0v) is 20.6. The van der Waals surface area contributed by atoms with Crippen LogP contribution in [0.1, 0.15) is 53.3 Å². The summed E-state index contributed by atoms with van der Waals surface area (Å²) in [5.74, 6) is 7.55. The third kappa shape index (κ3) is 4.01. The molecule has 0 N–H and O–H groups in total. The molecule has 0 aliphatic carbocycles. The van der Waals surface area contributed by atoms with E-state index in [0.717, 1.165) is 40.3 Å². The quantitative estimate of drug-likeness (QED) is 0.374. The number of nitrogens with zero attached hydrogens (tertiary/aromatic N) is 5. The number of carbonyl (C=O) groups excluding carboxylic acids is 1. The zero-order valence-electron chi connectivity index (χ0n) is 20.6. The summed E-state index contributed by atoms with van der Waals surface area (Å²) < 4.78 is 16.9. The maximum absolute atomic E-state index is 14.9. The highest BCUT2D eigenvalue weighted by Crippen LogP contribution is 2.32. The number of hydrogen-bond acceptors (Lipinski definition) is 4. The van der Waals surface area contributed by atoms with Crippen molar-refractivity contribution in [3.05, 3.63) is 106 Å². The van der Waals surface area contributed by atoms with Gasteiger partial charge >= 0.3 is 0 Å². The van der Waals surface area contributed by atoms with Crippen molar-refractivity contribution in [2.45, 2.75) is 32.7 Å². The second kappa shape index (κ2) is 9.14. The first kappa shape index (κ1) is 22.9. The maximum Gasteiger partial charge on any atom is 0.228 e. The molecule has 182 valence electrons. The molecule has 37 heavy (non-hydrogen) atoms. The Hall–Kier alpha value is -4.57. The molecule has 1 amide bonds. The van der Waals surface area contributed by atoms with E-state index in [4.69, 9.17) is 4.99 Å². The fourth-order valence-corrected chi connectivity index (χ4v) is 5.02. The molecule has 3 aromatic carbocycles. The van der Waals surface area contributed by atoms with Crippen LogP contribution in [0.25, 0.3) is 5.69 Å². The third-order valence-corrected chi connectivity index (χ3v) is 6.83. The van der Waals surface area contributed by atoms with E-state index in [0.29, 0.717) is 30.1 Å². The monoisotopic (exact) mass is 489 g/mol. The minimum Gasteiger partial charge on any atom is -0.300 e. The first-order chi connectivity index (χ1) is 18.0. The number of fused-ring (bicyclic) bond motifs is 4. The molecule has 6 rings (SSSR count). The Bertz CT molecular complexity index is 1640. The Kier molecular flexibility index (Phi) is 5.65. The summed E-state index contributed by atoms with van der Waals surface area (Å²) in [6.07, 6.45) is 1.24. The number of para-hydroxylation sites is 1. The summed E-state index contributed by atoms with van der Waals surface area (Å²) in [5.41, 5.74) is 5.39. The van der Waals surface area contributed by atoms with E-state index in [1.54, 1.807) is 23.1 Å². The van der Waals surface area contributed by atoms with Gasteiger partial charge in [0.15, 0.2) is 5.82 Å². The van der Waals surface area contributed by atoms with Gasteiger partial charge in [0.25, 0.3) is 0 Å². The van der Waals surface area contributed by atoms with Crippen LogP contribution >= 0.6 is 0 Å². The van der Waals surface area contributed by atoms with E-state index in [9.17, 15) is 9.18 Å². The average Bonchev–Trinajstić information content (AvgIpc) is 3.24. The van der Waals surface area contributed by atoms with Crippen LogP contribution in [-0.4, -0.2) is 32.9 Å². The van der Waals surface area contributed by atoms with Gasteiger partial charge in [-0.25, -0.2) is 4.39 Å². The average molecular weight is 490 g/mol. The van der Waals surface area contributed by atoms with Crippen LogP contribution in [0.3, 0.4) is 0 Å². The molecule has 3 heterocycles. The molecule has 6 nitrogen and oxygen atoms in total. The van der Waals surface area contributed by atoms with Gasteiger partial charge in [0.2, 0.25) is 5.91 Å². The van der Waals surface area contributed by atoms with Crippen molar-refractivity contribution in [1.82, 2.24) is 14.8 Å². The standard InChI is InChI=1S/C30H24FN5O/c1-19-30-34-33-20(2)36(30)27-15-13-21(18-24(27)29(32-19)23-10-4-5-11-25(23)31)8-7-17-35-26-12-6-3-9-22(26)14-16-28(35)37/h3-6,9-13,15,18-19H,14,16-17H2,1-2H3/t19-/m0/s1. The van der Waals surface area contributed by atoms with Crippen LogP contribution in [-0.2, 0) is 11.2 Å². The topological polar surface area (TPSA) is 63.4 Å². The Morgan fingerprint density at radius 2 is 1.78 bits per heavy atom. The van der Waals surface area contributed by atoms with Gasteiger partial charge < -0.3 is 4.90 Å². The lowest BCUT2D eigenvalue weighted by atomic mass is 9.98. The lowest BCUT2D eigenvalue weighted by molar-refractivity contribution is -0.118. The summed E-state index contributed by atoms with van der Waals surface area (Å²) >= 11 is 0. The largest absolute Gasteiger partial charge is 0.300 e. The van der Waals surface area contributed by atoms with Crippen molar-refractivity contribution in [2.24, 2.45) is 4.99 Å². The minimum absolute atomic E-state index is 0.0773. The highest BCUT2D eigenvalue weighted by Gasteiger charge is 2.27. The van der Waals surface area contributed by atoms with Crippen molar-refractivity contribution >= 4 is 17.3 Å². The van der Waals surface area contributed by atoms with Crippen LogP contribution in [0.2, 0.25) is 0 Å². The molecule has 1 aromatic heterocycles. The Morgan fingerprint density at radius 1 is 0.973 bits per heavy atom. The molecule has 0 saturated carbocycles. The van der Waals surface area contributed by atoms with Crippen molar-refractivity contribution in [2.75, 3.05) is 11.4 Å². The Morgan fingerprint density at radius 3 is 2.65 bits per heavy atom. The number of halogens is 1. The molecule has 0 bridgehead atoms. The third-order valence-electron chi connectivity index (χ3n) is 6.83. The number of amides is 1. The molecule has 0 saturated heterocycles. The molecule has 7 heteroatoms. The molecule has 0 unspecified atom stereocenters. The van der Waals surface area contributed by atoms with Gasteiger partial charge in [-0.1, -0.05) is 42.2 Å². The van der Waals surface area contributed by atoms with E-state index in [2.05, 4.69) is 28.1 Å². The molecule has 2 aliphatic heterocycles. The van der Waals surface area contributed by atoms with Crippen molar-refractivity contribution in [1.29, 1.82) is 0 Å². The van der Waals surface area contributed by atoms with Gasteiger partial charge in [-0.05, 0) is 62.2 Å². The van der Waals surface area contributed by atoms with Gasteiger partial charge in [-0.15, -0.1) is 10.2 Å². The second-order valence-corrected chi connectivity index (χ2v) is 9.22. The summed E-state index contributed by atoms with van der Waals surface area (Å²) in [6, 6.07) is 20.1. The van der Waals surface area contributed by atoms with E-state index in [1.807, 2.05) is 54.8 Å². The van der Waals surface area contributed by atoms with Gasteiger partial charge in [0.05, 0.1) is 17.9 Å². The maximum atomic E-state index is 14.9. The minimum atomic E-state index is -0.340. The lowest BCUT2D eigenvalue weighted by Gasteiger charge is -2.27. The van der Waals surface area contributed by atoms with Crippen molar-refractivity contribution < 1.29 is 9.18 Å². The fourth-order valence-electron chi connectivity index (χ4n) is 5.02. The summed E-state index contributed by atoms with van der Waals surface area (Å²) in [7, 11) is 0. The first-order valence-electron chi connectivity index (χ1n) is 12.3. The van der Waals surface area contributed by atoms with E-state index in [-0.39, 0.29) is 17.8 Å². The van der Waals surface area contributed by atoms with Crippen LogP contribution in [0.4, 0.5) is 10.1 Å². The molecular weight excluding hydrogens is 465 g/mol. The van der Waals surface area contributed by atoms with E-state index < -0.39 is 0 Å². The summed E-state index contributed by atoms with van der Waals surface area (Å²) in [6.45, 7) is 4.12. The predicted octanol–water partition coefficient (Wildman–Crippen LogP) is 4.96. The Balaban J connectivity index is 1.42. The molecule has 0 radical (unpaired) electrons. The number of rotatable bonds is 2. The molecule has 2 aliphatic rings. The normalized spacial score (nSPS) is 16.1. The van der Waals surface area contributed by atoms with Gasteiger partial charge in [0, 0.05) is 28.8 Å². The second-order valence-electron chi connectivity index (χ2n) is 9.22. The zero-order chi connectivity index (χ0) is 25.5. The number of aromatic nitrogens is 3. The van der Waals surface area contributed by atoms with Crippen molar-refractivity contribution in [3.63, 3.8) is 0 Å². The van der Waals surface area contributed by atoms with E-state index >= 15 is 0 Å². The number of anilines is 1. The predicted molar refractivity (Wildman–Crippen MR) is 141 cm³/mol. The fraction of sp³-hybridized carbons (Fsp3) is 0.200. The molecule has 0 fully saturated rings. The van der Waals surface area contributed by atoms with Gasteiger partial charge in [-0.2, -0.15) is 0 Å². The summed E-state index contributed by atoms with van der Waals surface area (Å²) in [4.78, 5) is 19.2. The van der Waals surface area contributed by atoms with Crippen LogP contribution in [0, 0.1) is 24.6 Å². The van der Waals surface area contributed by atoms with E-state index in [1.165, 1.54) is 6.07 Å². The molecule has 0 spiro atoms. The highest BCUT2D eigenvalue weighted by molar-refractivity contribution is 6.15. The molecule has 1 atom stereocenters. The smallest absolute Gasteiger partial charge is 0.228 e. The van der Waals surface area contributed by atoms with Crippen LogP contribution in [0.15, 0.2) is 71.7 Å². The molecule has 4 aromatic rings. The van der Waals surface area contributed by atoms with Gasteiger partial charge in [0.1, 0.15) is 17.7 Å². The Labute approximate surface area is 214 Å². The highest BCUT2D eigenvalue weighted by atomic mass is 19.1. The number of aryl methyl sites for hydroxylation is 2. The first-order valence-corrected chi connectivity index (χ1v) is 12.3. The van der Waals surface area contributed by atoms with Crippen LogP contribution < -0.4 is 4.90 Å². The number of benzene rings is 3. The van der Waals surface area contributed by atoms with Crippen molar-refractivity contribution in [3.8, 4) is 17.5 Å². The number of aliphatic imine (C=N–C) groups is 1. The SMILES string of the molecule is Cc1nnc2n1-c1ccc(C#CCN3C(=O)CCc4ccccc43)cc1C(c1ccccc1F)=N[C@H]2C.